The maximum Gasteiger partial charge on any atom is 0.211 e. The number of rotatable bonds is 9. The number of sulfonamides is 1. The van der Waals surface area contributed by atoms with Gasteiger partial charge in [-0.15, -0.1) is 0 Å². The Kier molecular flexibility index (Phi) is 6.49. The number of anilines is 1. The minimum atomic E-state index is -3.21. The molecule has 0 amide bonds. The third kappa shape index (κ3) is 4.70. The lowest BCUT2D eigenvalue weighted by atomic mass is 10.0. The summed E-state index contributed by atoms with van der Waals surface area (Å²) in [6.07, 6.45) is 6.51. The number of imidazole rings is 1. The molecule has 1 aromatic carbocycles. The monoisotopic (exact) mass is 460 g/mol. The molecule has 0 bridgehead atoms. The van der Waals surface area contributed by atoms with Gasteiger partial charge >= 0.3 is 0 Å². The highest BCUT2D eigenvalue weighted by molar-refractivity contribution is 7.99. The number of nitrogens with two attached hydrogens (primary N) is 1. The molecule has 3 N–H and O–H groups in total. The molecule has 2 heterocycles. The lowest BCUT2D eigenvalue weighted by Gasteiger charge is -2.13. The summed E-state index contributed by atoms with van der Waals surface area (Å²) < 4.78 is 28.1. The van der Waals surface area contributed by atoms with Crippen LogP contribution in [0.4, 0.5) is 5.82 Å². The zero-order valence-electron chi connectivity index (χ0n) is 17.9. The van der Waals surface area contributed by atoms with E-state index in [2.05, 4.69) is 33.7 Å². The Hall–Kier alpha value is -2.17. The number of fused-ring (bicyclic) bond motifs is 2. The Morgan fingerprint density at radius 3 is 2.71 bits per heavy atom. The molecule has 2 aromatic heterocycles. The minimum Gasteiger partial charge on any atom is -0.382 e. The number of benzene rings is 1. The second-order valence-electron chi connectivity index (χ2n) is 7.67. The summed E-state index contributed by atoms with van der Waals surface area (Å²) in [7, 11) is -3.21. The van der Waals surface area contributed by atoms with Crippen LogP contribution >= 0.6 is 11.8 Å². The number of nitrogen functional groups attached to an aromatic ring is 1. The van der Waals surface area contributed by atoms with Crippen molar-refractivity contribution >= 4 is 38.8 Å². The van der Waals surface area contributed by atoms with Gasteiger partial charge in [0.25, 0.3) is 0 Å². The van der Waals surface area contributed by atoms with Crippen LogP contribution in [-0.4, -0.2) is 40.2 Å². The number of aromatic nitrogens is 4. The van der Waals surface area contributed by atoms with Gasteiger partial charge in [0.15, 0.2) is 22.1 Å². The highest BCUT2D eigenvalue weighted by Crippen LogP contribution is 2.36. The maximum atomic E-state index is 11.7. The number of hydrogen-bond donors (Lipinski definition) is 2. The normalized spacial score (nSPS) is 13.7. The molecule has 8 nitrogen and oxygen atoms in total. The number of hydrogen-bond acceptors (Lipinski definition) is 7. The first kappa shape index (κ1) is 22.0. The van der Waals surface area contributed by atoms with Crippen LogP contribution in [0, 0.1) is 0 Å². The van der Waals surface area contributed by atoms with E-state index in [1.807, 2.05) is 4.57 Å². The van der Waals surface area contributed by atoms with Crippen LogP contribution in [0.2, 0.25) is 0 Å². The van der Waals surface area contributed by atoms with E-state index in [4.69, 9.17) is 10.7 Å². The van der Waals surface area contributed by atoms with Crippen molar-refractivity contribution in [1.82, 2.24) is 24.2 Å². The summed E-state index contributed by atoms with van der Waals surface area (Å²) in [5, 5.41) is 0.799. The summed E-state index contributed by atoms with van der Waals surface area (Å²) in [6.45, 7) is 4.74. The van der Waals surface area contributed by atoms with Gasteiger partial charge in [0.05, 0.1) is 5.75 Å². The molecule has 0 atom stereocenters. The molecule has 0 saturated heterocycles. The lowest BCUT2D eigenvalue weighted by molar-refractivity contribution is 0.564. The first-order valence-electron chi connectivity index (χ1n) is 10.7. The third-order valence-electron chi connectivity index (χ3n) is 5.64. The Bertz CT molecular complexity index is 1210. The molecule has 0 fully saturated rings. The average Bonchev–Trinajstić information content (AvgIpc) is 3.35. The molecule has 166 valence electrons. The van der Waals surface area contributed by atoms with Gasteiger partial charge in [-0.2, -0.15) is 0 Å². The first-order chi connectivity index (χ1) is 14.9. The Morgan fingerprint density at radius 2 is 1.97 bits per heavy atom. The summed E-state index contributed by atoms with van der Waals surface area (Å²) in [5.74, 6) is 0.422. The van der Waals surface area contributed by atoms with Crippen LogP contribution in [0.5, 0.6) is 0 Å². The molecule has 10 heteroatoms. The fourth-order valence-electron chi connectivity index (χ4n) is 3.90. The van der Waals surface area contributed by atoms with E-state index in [0.29, 0.717) is 36.5 Å². The van der Waals surface area contributed by atoms with Crippen LogP contribution in [0.3, 0.4) is 0 Å². The Balaban J connectivity index is 1.64. The SMILES string of the molecule is CCc1cc2c(cc1Sc1nc3c(N)ncnc3n1CCCNS(=O)(=O)CC)CCC2. The summed E-state index contributed by atoms with van der Waals surface area (Å²) in [4.78, 5) is 14.4. The van der Waals surface area contributed by atoms with Crippen molar-refractivity contribution in [1.29, 1.82) is 0 Å². The molecule has 1 aliphatic carbocycles. The van der Waals surface area contributed by atoms with Gasteiger partial charge in [0.2, 0.25) is 10.0 Å². The van der Waals surface area contributed by atoms with E-state index >= 15 is 0 Å². The molecule has 3 aromatic rings. The quantitative estimate of drug-likeness (QED) is 0.472. The molecular formula is C21H28N6O2S2. The molecule has 0 unspecified atom stereocenters. The fraction of sp³-hybridized carbons (Fsp3) is 0.476. The predicted octanol–water partition coefficient (Wildman–Crippen LogP) is 2.94. The van der Waals surface area contributed by atoms with Crippen LogP contribution in [0.1, 0.15) is 43.4 Å². The molecule has 4 rings (SSSR count). The topological polar surface area (TPSA) is 116 Å². The van der Waals surface area contributed by atoms with Gasteiger partial charge in [-0.05, 0) is 61.8 Å². The van der Waals surface area contributed by atoms with E-state index in [-0.39, 0.29) is 5.75 Å². The maximum absolute atomic E-state index is 11.7. The number of aryl methyl sites for hydroxylation is 4. The van der Waals surface area contributed by atoms with Crippen molar-refractivity contribution in [3.8, 4) is 0 Å². The van der Waals surface area contributed by atoms with Gasteiger partial charge in [-0.3, -0.25) is 0 Å². The van der Waals surface area contributed by atoms with Crippen molar-refractivity contribution < 1.29 is 8.42 Å². The largest absolute Gasteiger partial charge is 0.382 e. The van der Waals surface area contributed by atoms with Crippen LogP contribution in [-0.2, 0) is 35.8 Å². The Labute approximate surface area is 187 Å². The third-order valence-corrected chi connectivity index (χ3v) is 8.14. The second-order valence-corrected chi connectivity index (χ2v) is 10.8. The van der Waals surface area contributed by atoms with Gasteiger partial charge in [0, 0.05) is 18.0 Å². The summed E-state index contributed by atoms with van der Waals surface area (Å²) in [5.41, 5.74) is 11.5. The van der Waals surface area contributed by atoms with E-state index in [9.17, 15) is 8.42 Å². The van der Waals surface area contributed by atoms with Crippen molar-refractivity contribution in [3.63, 3.8) is 0 Å². The van der Waals surface area contributed by atoms with Crippen LogP contribution in [0.25, 0.3) is 11.2 Å². The van der Waals surface area contributed by atoms with Crippen molar-refractivity contribution in [2.24, 2.45) is 0 Å². The molecule has 1 aliphatic rings. The van der Waals surface area contributed by atoms with Crippen molar-refractivity contribution in [3.05, 3.63) is 35.2 Å². The molecule has 0 saturated carbocycles. The highest BCUT2D eigenvalue weighted by atomic mass is 32.2. The minimum absolute atomic E-state index is 0.0734. The highest BCUT2D eigenvalue weighted by Gasteiger charge is 2.19. The van der Waals surface area contributed by atoms with Crippen molar-refractivity contribution in [2.45, 2.75) is 62.5 Å². The van der Waals surface area contributed by atoms with Crippen LogP contribution < -0.4 is 10.5 Å². The zero-order valence-corrected chi connectivity index (χ0v) is 19.5. The lowest BCUT2D eigenvalue weighted by Crippen LogP contribution is -2.27. The van der Waals surface area contributed by atoms with Gasteiger partial charge in [-0.1, -0.05) is 24.8 Å². The number of nitrogens with zero attached hydrogens (tertiary/aromatic N) is 4. The standard InChI is InChI=1S/C21H28N6O2S2/c1-3-14-11-15-7-5-8-16(15)12-17(14)30-21-26-18-19(22)23-13-24-20(18)27(21)10-6-9-25-31(28,29)4-2/h11-13,25H,3-10H2,1-2H3,(H2,22,23,24). The first-order valence-corrected chi connectivity index (χ1v) is 13.1. The van der Waals surface area contributed by atoms with Gasteiger partial charge in [-0.25, -0.2) is 28.1 Å². The molecule has 0 spiro atoms. The van der Waals surface area contributed by atoms with E-state index < -0.39 is 10.0 Å². The van der Waals surface area contributed by atoms with Gasteiger partial charge in [0.1, 0.15) is 6.33 Å². The number of nitrogens with one attached hydrogen (secondary N) is 1. The van der Waals surface area contributed by atoms with E-state index in [1.165, 1.54) is 34.3 Å². The molecule has 0 aliphatic heterocycles. The average molecular weight is 461 g/mol. The van der Waals surface area contributed by atoms with E-state index in [0.717, 1.165) is 24.4 Å². The van der Waals surface area contributed by atoms with Gasteiger partial charge < -0.3 is 10.3 Å². The van der Waals surface area contributed by atoms with Crippen LogP contribution in [0.15, 0.2) is 28.5 Å². The zero-order chi connectivity index (χ0) is 22.0. The second kappa shape index (κ2) is 9.13. The van der Waals surface area contributed by atoms with Crippen molar-refractivity contribution in [2.75, 3.05) is 18.0 Å². The predicted molar refractivity (Wildman–Crippen MR) is 124 cm³/mol. The van der Waals surface area contributed by atoms with E-state index in [1.54, 1.807) is 18.7 Å². The fourth-order valence-corrected chi connectivity index (χ4v) is 5.72. The summed E-state index contributed by atoms with van der Waals surface area (Å²) in [6, 6.07) is 4.64. The molecule has 0 radical (unpaired) electrons. The summed E-state index contributed by atoms with van der Waals surface area (Å²) >= 11 is 1.62. The molecular weight excluding hydrogens is 432 g/mol. The smallest absolute Gasteiger partial charge is 0.211 e. The molecule has 31 heavy (non-hydrogen) atoms. The Morgan fingerprint density at radius 1 is 1.19 bits per heavy atom.